The Morgan fingerprint density at radius 2 is 1.80 bits per heavy atom. The van der Waals surface area contributed by atoms with Crippen molar-refractivity contribution in [2.75, 3.05) is 24.2 Å². The molecule has 0 aliphatic carbocycles. The van der Waals surface area contributed by atoms with E-state index in [1.54, 1.807) is 23.0 Å². The first kappa shape index (κ1) is 23.0. The lowest BCUT2D eigenvalue weighted by Crippen LogP contribution is -2.42. The Balaban J connectivity index is 1.38. The number of para-hydroxylation sites is 1. The first-order valence-electron chi connectivity index (χ1n) is 11.1. The van der Waals surface area contributed by atoms with E-state index in [0.29, 0.717) is 16.9 Å². The van der Waals surface area contributed by atoms with E-state index in [1.165, 1.54) is 13.4 Å². The number of nitrogens with zero attached hydrogens (tertiary/aromatic N) is 4. The summed E-state index contributed by atoms with van der Waals surface area (Å²) in [5.41, 5.74) is 1.48. The van der Waals surface area contributed by atoms with Gasteiger partial charge in [0.2, 0.25) is 0 Å². The molecule has 35 heavy (non-hydrogen) atoms. The van der Waals surface area contributed by atoms with E-state index in [1.807, 2.05) is 32.0 Å². The van der Waals surface area contributed by atoms with Gasteiger partial charge in [0.1, 0.15) is 24.6 Å². The highest BCUT2D eigenvalue weighted by atomic mass is 16.8. The van der Waals surface area contributed by atoms with Gasteiger partial charge >= 0.3 is 12.1 Å². The molecule has 2 saturated heterocycles. The summed E-state index contributed by atoms with van der Waals surface area (Å²) in [6, 6.07) is 8.27. The molecule has 0 bridgehead atoms. The fraction of sp³-hybridized carbons (Fsp3) is 0.409. The number of urea groups is 2. The number of amides is 4. The Kier molecular flexibility index (Phi) is 5.96. The predicted molar refractivity (Wildman–Crippen MR) is 125 cm³/mol. The van der Waals surface area contributed by atoms with Gasteiger partial charge in [-0.1, -0.05) is 18.2 Å². The van der Waals surface area contributed by atoms with Crippen molar-refractivity contribution in [2.45, 2.75) is 44.2 Å². The van der Waals surface area contributed by atoms with Crippen molar-refractivity contribution in [3.63, 3.8) is 0 Å². The van der Waals surface area contributed by atoms with Crippen LogP contribution in [-0.2, 0) is 14.2 Å². The standard InChI is InChI=1S/C22H26N8O5/c1-22(2)34-15-13(9-24-20(31)23-3)33-19(16(15)35-22)30-11-27-14-17(25-10-26-18(14)30)29-21(32)28-12-7-5-4-6-8-12/h4-8,10-11,13,15-16,19H,9H2,1-3H3,(H2,23,24,31)(H2,25,26,28,29,32)/t13-,15+,16?,19-/m1/s1. The molecule has 2 aliphatic rings. The lowest BCUT2D eigenvalue weighted by molar-refractivity contribution is -0.195. The Bertz CT molecular complexity index is 1230. The molecular formula is C22H26N8O5. The molecule has 3 aromatic rings. The molecule has 2 aromatic heterocycles. The van der Waals surface area contributed by atoms with Gasteiger partial charge in [0.05, 0.1) is 6.33 Å². The third kappa shape index (κ3) is 4.60. The highest BCUT2D eigenvalue weighted by Crippen LogP contribution is 2.43. The van der Waals surface area contributed by atoms with Gasteiger partial charge in [-0.05, 0) is 26.0 Å². The highest BCUT2D eigenvalue weighted by Gasteiger charge is 2.56. The molecule has 0 radical (unpaired) electrons. The van der Waals surface area contributed by atoms with Crippen LogP contribution in [0.15, 0.2) is 43.0 Å². The van der Waals surface area contributed by atoms with Crippen LogP contribution in [0.3, 0.4) is 0 Å². The lowest BCUT2D eigenvalue weighted by atomic mass is 10.1. The lowest BCUT2D eigenvalue weighted by Gasteiger charge is -2.24. The summed E-state index contributed by atoms with van der Waals surface area (Å²) in [4.78, 5) is 37.1. The third-order valence-electron chi connectivity index (χ3n) is 5.71. The topological polar surface area (TPSA) is 154 Å². The van der Waals surface area contributed by atoms with Crippen LogP contribution >= 0.6 is 0 Å². The fourth-order valence-electron chi connectivity index (χ4n) is 4.25. The zero-order valence-electron chi connectivity index (χ0n) is 19.4. The third-order valence-corrected chi connectivity index (χ3v) is 5.71. The number of anilines is 2. The molecule has 4 atom stereocenters. The van der Waals surface area contributed by atoms with E-state index in [2.05, 4.69) is 36.2 Å². The maximum Gasteiger partial charge on any atom is 0.324 e. The largest absolute Gasteiger partial charge is 0.347 e. The Hall–Kier alpha value is -3.81. The zero-order valence-corrected chi connectivity index (χ0v) is 19.4. The van der Waals surface area contributed by atoms with Gasteiger partial charge in [-0.3, -0.25) is 9.88 Å². The van der Waals surface area contributed by atoms with Crippen LogP contribution in [0.2, 0.25) is 0 Å². The average Bonchev–Trinajstić information content (AvgIpc) is 3.49. The molecule has 1 aromatic carbocycles. The summed E-state index contributed by atoms with van der Waals surface area (Å²) in [5.74, 6) is -0.575. The van der Waals surface area contributed by atoms with Crippen LogP contribution < -0.4 is 21.3 Å². The minimum Gasteiger partial charge on any atom is -0.347 e. The molecular weight excluding hydrogens is 456 g/mol. The minimum absolute atomic E-state index is 0.227. The van der Waals surface area contributed by atoms with E-state index in [-0.39, 0.29) is 18.4 Å². The van der Waals surface area contributed by atoms with E-state index in [4.69, 9.17) is 14.2 Å². The number of carbonyl (C=O) groups is 2. The van der Waals surface area contributed by atoms with Gasteiger partial charge in [-0.15, -0.1) is 0 Å². The number of nitrogens with one attached hydrogen (secondary N) is 4. The van der Waals surface area contributed by atoms with Crippen molar-refractivity contribution >= 4 is 34.7 Å². The Morgan fingerprint density at radius 3 is 2.57 bits per heavy atom. The molecule has 4 N–H and O–H groups in total. The number of fused-ring (bicyclic) bond motifs is 2. The average molecular weight is 483 g/mol. The number of benzene rings is 1. The zero-order chi connectivity index (χ0) is 24.6. The summed E-state index contributed by atoms with van der Waals surface area (Å²) in [6.07, 6.45) is 0.935. The molecule has 2 aliphatic heterocycles. The van der Waals surface area contributed by atoms with Crippen molar-refractivity contribution in [1.29, 1.82) is 0 Å². The second-order valence-corrected chi connectivity index (χ2v) is 8.58. The van der Waals surface area contributed by atoms with Crippen molar-refractivity contribution in [3.8, 4) is 0 Å². The van der Waals surface area contributed by atoms with Crippen LogP contribution in [0, 0.1) is 0 Å². The number of hydrogen-bond donors (Lipinski definition) is 4. The summed E-state index contributed by atoms with van der Waals surface area (Å²) in [7, 11) is 1.54. The molecule has 13 heteroatoms. The molecule has 1 unspecified atom stereocenters. The van der Waals surface area contributed by atoms with Crippen molar-refractivity contribution in [2.24, 2.45) is 0 Å². The molecule has 5 rings (SSSR count). The van der Waals surface area contributed by atoms with Gasteiger partial charge in [0.25, 0.3) is 0 Å². The van der Waals surface area contributed by atoms with E-state index in [9.17, 15) is 9.59 Å². The number of ether oxygens (including phenoxy) is 3. The molecule has 4 amide bonds. The van der Waals surface area contributed by atoms with Crippen molar-refractivity contribution in [3.05, 3.63) is 43.0 Å². The van der Waals surface area contributed by atoms with E-state index >= 15 is 0 Å². The molecule has 13 nitrogen and oxygen atoms in total. The van der Waals surface area contributed by atoms with Crippen molar-refractivity contribution in [1.82, 2.24) is 30.2 Å². The summed E-state index contributed by atoms with van der Waals surface area (Å²) in [6.45, 7) is 3.88. The first-order chi connectivity index (χ1) is 16.8. The number of hydrogen-bond acceptors (Lipinski definition) is 8. The van der Waals surface area contributed by atoms with Crippen LogP contribution in [0.5, 0.6) is 0 Å². The second kappa shape index (κ2) is 9.09. The maximum absolute atomic E-state index is 12.5. The number of aromatic nitrogens is 4. The number of rotatable bonds is 5. The molecule has 0 saturated carbocycles. The molecule has 4 heterocycles. The van der Waals surface area contributed by atoms with Crippen LogP contribution in [0.4, 0.5) is 21.1 Å². The van der Waals surface area contributed by atoms with E-state index < -0.39 is 36.4 Å². The SMILES string of the molecule is CNC(=O)NC[C@H]1O[C@@H](n2cnc3c(NC(=O)Nc4ccccc4)ncnc32)C2OC(C)(C)O[C@H]21. The van der Waals surface area contributed by atoms with E-state index in [0.717, 1.165) is 0 Å². The molecule has 184 valence electrons. The predicted octanol–water partition coefficient (Wildman–Crippen LogP) is 1.82. The monoisotopic (exact) mass is 482 g/mol. The fourth-order valence-corrected chi connectivity index (χ4v) is 4.25. The summed E-state index contributed by atoms with van der Waals surface area (Å²) in [5, 5.41) is 10.7. The minimum atomic E-state index is -0.823. The van der Waals surface area contributed by atoms with Gasteiger partial charge in [0.15, 0.2) is 29.0 Å². The normalized spacial score (nSPS) is 24.7. The number of imidazole rings is 1. The maximum atomic E-state index is 12.5. The second-order valence-electron chi connectivity index (χ2n) is 8.58. The van der Waals surface area contributed by atoms with Gasteiger partial charge in [-0.2, -0.15) is 0 Å². The molecule has 2 fully saturated rings. The number of carbonyl (C=O) groups excluding carboxylic acids is 2. The van der Waals surface area contributed by atoms with Crippen LogP contribution in [-0.4, -0.2) is 69.3 Å². The van der Waals surface area contributed by atoms with Gasteiger partial charge in [0, 0.05) is 19.3 Å². The highest BCUT2D eigenvalue weighted by molar-refractivity contribution is 6.02. The summed E-state index contributed by atoms with van der Waals surface area (Å²) < 4.78 is 20.2. The smallest absolute Gasteiger partial charge is 0.324 e. The van der Waals surface area contributed by atoms with Crippen molar-refractivity contribution < 1.29 is 23.8 Å². The Labute approximate surface area is 200 Å². The summed E-state index contributed by atoms with van der Waals surface area (Å²) >= 11 is 0. The first-order valence-corrected chi connectivity index (χ1v) is 11.1. The quantitative estimate of drug-likeness (QED) is 0.429. The van der Waals surface area contributed by atoms with Gasteiger partial charge in [-0.25, -0.2) is 24.5 Å². The van der Waals surface area contributed by atoms with Crippen LogP contribution in [0.25, 0.3) is 11.2 Å². The van der Waals surface area contributed by atoms with Gasteiger partial charge < -0.3 is 30.2 Å². The molecule has 0 spiro atoms. The van der Waals surface area contributed by atoms with Crippen LogP contribution in [0.1, 0.15) is 20.1 Å². The Morgan fingerprint density at radius 1 is 1.03 bits per heavy atom.